The zero-order chi connectivity index (χ0) is 15.0. The van der Waals surface area contributed by atoms with Gasteiger partial charge in [0.25, 0.3) is 10.0 Å². The predicted molar refractivity (Wildman–Crippen MR) is 82.5 cm³/mol. The van der Waals surface area contributed by atoms with Crippen LogP contribution in [0.1, 0.15) is 5.69 Å². The van der Waals surface area contributed by atoms with Gasteiger partial charge in [-0.25, -0.2) is 8.42 Å². The summed E-state index contributed by atoms with van der Waals surface area (Å²) in [4.78, 5) is 0.195. The number of nitrogen functional groups attached to an aromatic ring is 1. The number of aromatic nitrogens is 2. The molecule has 0 atom stereocenters. The summed E-state index contributed by atoms with van der Waals surface area (Å²) in [7, 11) is -3.76. The van der Waals surface area contributed by atoms with E-state index in [2.05, 4.69) is 14.9 Å². The molecule has 1 aromatic heterocycles. The number of benzene rings is 2. The van der Waals surface area contributed by atoms with Gasteiger partial charge in [0.2, 0.25) is 0 Å². The molecule has 21 heavy (non-hydrogen) atoms. The summed E-state index contributed by atoms with van der Waals surface area (Å²) < 4.78 is 27.5. The number of aromatic amines is 1. The molecule has 0 aliphatic carbocycles. The van der Waals surface area contributed by atoms with Crippen molar-refractivity contribution in [3.05, 3.63) is 48.2 Å². The summed E-state index contributed by atoms with van der Waals surface area (Å²) in [5.74, 6) is 0.112. The maximum Gasteiger partial charge on any atom is 0.263 e. The number of H-pyrrole nitrogens is 1. The number of anilines is 2. The number of hydrogen-bond acceptors (Lipinski definition) is 4. The number of fused-ring (bicyclic) bond motifs is 1. The van der Waals surface area contributed by atoms with E-state index in [0.717, 1.165) is 5.39 Å². The van der Waals surface area contributed by atoms with Crippen molar-refractivity contribution >= 4 is 32.3 Å². The first-order chi connectivity index (χ1) is 9.99. The van der Waals surface area contributed by atoms with Gasteiger partial charge in [0.05, 0.1) is 16.3 Å². The molecule has 0 spiro atoms. The Morgan fingerprint density at radius 1 is 1.14 bits per heavy atom. The summed E-state index contributed by atoms with van der Waals surface area (Å²) in [6.07, 6.45) is 0. The minimum Gasteiger partial charge on any atom is -0.394 e. The predicted octanol–water partition coefficient (Wildman–Crippen LogP) is 2.25. The van der Waals surface area contributed by atoms with E-state index >= 15 is 0 Å². The van der Waals surface area contributed by atoms with Crippen LogP contribution >= 0.6 is 0 Å². The molecule has 2 aromatic carbocycles. The number of hydrogen-bond donors (Lipinski definition) is 3. The molecule has 0 unspecified atom stereocenters. The molecule has 0 radical (unpaired) electrons. The minimum atomic E-state index is -3.76. The molecule has 7 heteroatoms. The molecule has 3 rings (SSSR count). The minimum absolute atomic E-state index is 0.112. The van der Waals surface area contributed by atoms with Crippen molar-refractivity contribution in [2.24, 2.45) is 0 Å². The van der Waals surface area contributed by atoms with Crippen LogP contribution in [0.4, 0.5) is 11.5 Å². The van der Waals surface area contributed by atoms with Gasteiger partial charge >= 0.3 is 0 Å². The Morgan fingerprint density at radius 2 is 1.86 bits per heavy atom. The van der Waals surface area contributed by atoms with Crippen molar-refractivity contribution in [3.63, 3.8) is 0 Å². The SMILES string of the molecule is Cc1[nH]nc(NS(=O)(=O)c2cccc3ccccc23)c1N. The van der Waals surface area contributed by atoms with E-state index in [9.17, 15) is 8.42 Å². The van der Waals surface area contributed by atoms with E-state index in [-0.39, 0.29) is 10.7 Å². The third-order valence-corrected chi connectivity index (χ3v) is 4.66. The highest BCUT2D eigenvalue weighted by molar-refractivity contribution is 7.93. The zero-order valence-electron chi connectivity index (χ0n) is 11.3. The van der Waals surface area contributed by atoms with Crippen molar-refractivity contribution < 1.29 is 8.42 Å². The highest BCUT2D eigenvalue weighted by atomic mass is 32.2. The summed E-state index contributed by atoms with van der Waals surface area (Å²) in [5.41, 5.74) is 6.69. The lowest BCUT2D eigenvalue weighted by molar-refractivity contribution is 0.602. The van der Waals surface area contributed by atoms with Crippen LogP contribution < -0.4 is 10.5 Å². The normalized spacial score (nSPS) is 11.7. The molecule has 1 heterocycles. The van der Waals surface area contributed by atoms with E-state index in [1.54, 1.807) is 31.2 Å². The molecule has 0 aliphatic rings. The second-order valence-electron chi connectivity index (χ2n) is 4.69. The first-order valence-electron chi connectivity index (χ1n) is 6.30. The highest BCUT2D eigenvalue weighted by Crippen LogP contribution is 2.26. The van der Waals surface area contributed by atoms with Crippen LogP contribution in [0.25, 0.3) is 10.8 Å². The number of nitrogens with one attached hydrogen (secondary N) is 2. The van der Waals surface area contributed by atoms with Gasteiger partial charge in [0, 0.05) is 5.39 Å². The van der Waals surface area contributed by atoms with Crippen molar-refractivity contribution in [3.8, 4) is 0 Å². The van der Waals surface area contributed by atoms with Gasteiger partial charge in [0.15, 0.2) is 5.82 Å². The van der Waals surface area contributed by atoms with Crippen LogP contribution in [-0.4, -0.2) is 18.6 Å². The number of rotatable bonds is 3. The maximum atomic E-state index is 12.6. The third kappa shape index (κ3) is 2.31. The lowest BCUT2D eigenvalue weighted by Crippen LogP contribution is -2.14. The Labute approximate surface area is 122 Å². The van der Waals surface area contributed by atoms with Gasteiger partial charge in [-0.05, 0) is 18.4 Å². The quantitative estimate of drug-likeness (QED) is 0.690. The molecule has 0 saturated carbocycles. The van der Waals surface area contributed by atoms with Crippen LogP contribution in [0.2, 0.25) is 0 Å². The van der Waals surface area contributed by atoms with Crippen molar-refractivity contribution in [2.45, 2.75) is 11.8 Å². The topological polar surface area (TPSA) is 101 Å². The van der Waals surface area contributed by atoms with E-state index in [0.29, 0.717) is 16.8 Å². The second kappa shape index (κ2) is 4.78. The lowest BCUT2D eigenvalue weighted by Gasteiger charge is -2.09. The van der Waals surface area contributed by atoms with Gasteiger partial charge in [0.1, 0.15) is 0 Å². The Hall–Kier alpha value is -2.54. The number of nitrogens with zero attached hydrogens (tertiary/aromatic N) is 1. The van der Waals surface area contributed by atoms with Crippen molar-refractivity contribution in [1.29, 1.82) is 0 Å². The van der Waals surface area contributed by atoms with Crippen molar-refractivity contribution in [2.75, 3.05) is 10.5 Å². The fourth-order valence-electron chi connectivity index (χ4n) is 2.13. The third-order valence-electron chi connectivity index (χ3n) is 3.26. The van der Waals surface area contributed by atoms with Crippen LogP contribution in [0.3, 0.4) is 0 Å². The summed E-state index contributed by atoms with van der Waals surface area (Å²) in [6.45, 7) is 1.72. The first-order valence-corrected chi connectivity index (χ1v) is 7.78. The van der Waals surface area contributed by atoms with E-state index in [4.69, 9.17) is 5.73 Å². The van der Waals surface area contributed by atoms with E-state index in [1.807, 2.05) is 18.2 Å². The lowest BCUT2D eigenvalue weighted by atomic mass is 10.1. The van der Waals surface area contributed by atoms with Crippen molar-refractivity contribution in [1.82, 2.24) is 10.2 Å². The number of sulfonamides is 1. The maximum absolute atomic E-state index is 12.6. The zero-order valence-corrected chi connectivity index (χ0v) is 12.1. The molecule has 0 bridgehead atoms. The smallest absolute Gasteiger partial charge is 0.263 e. The van der Waals surface area contributed by atoms with Gasteiger partial charge in [-0.2, -0.15) is 5.10 Å². The van der Waals surface area contributed by atoms with Gasteiger partial charge in [-0.3, -0.25) is 9.82 Å². The molecule has 6 nitrogen and oxygen atoms in total. The van der Waals surface area contributed by atoms with Crippen LogP contribution in [0.15, 0.2) is 47.4 Å². The van der Waals surface area contributed by atoms with Crippen LogP contribution in [-0.2, 0) is 10.0 Å². The standard InChI is InChI=1S/C14H14N4O2S/c1-9-13(15)14(17-16-9)18-21(19,20)12-8-4-6-10-5-2-3-7-11(10)12/h2-8H,15H2,1H3,(H2,16,17,18). The van der Waals surface area contributed by atoms with Crippen LogP contribution in [0.5, 0.6) is 0 Å². The Balaban J connectivity index is 2.11. The highest BCUT2D eigenvalue weighted by Gasteiger charge is 2.20. The summed E-state index contributed by atoms with van der Waals surface area (Å²) in [6, 6.07) is 12.4. The second-order valence-corrected chi connectivity index (χ2v) is 6.34. The fourth-order valence-corrected chi connectivity index (χ4v) is 3.38. The average Bonchev–Trinajstić information content (AvgIpc) is 2.78. The first kappa shape index (κ1) is 13.4. The van der Waals surface area contributed by atoms with E-state index < -0.39 is 10.0 Å². The monoisotopic (exact) mass is 302 g/mol. The number of nitrogens with two attached hydrogens (primary N) is 1. The largest absolute Gasteiger partial charge is 0.394 e. The molecule has 0 fully saturated rings. The average molecular weight is 302 g/mol. The Bertz CT molecular complexity index is 910. The molecule has 0 aliphatic heterocycles. The molecular formula is C14H14N4O2S. The molecule has 4 N–H and O–H groups in total. The molecule has 0 saturated heterocycles. The van der Waals surface area contributed by atoms with Gasteiger partial charge in [-0.1, -0.05) is 36.4 Å². The van der Waals surface area contributed by atoms with Gasteiger partial charge in [-0.15, -0.1) is 0 Å². The fraction of sp³-hybridized carbons (Fsp3) is 0.0714. The Kier molecular flexibility index (Phi) is 3.06. The Morgan fingerprint density at radius 3 is 2.57 bits per heavy atom. The molecule has 3 aromatic rings. The summed E-state index contributed by atoms with van der Waals surface area (Å²) >= 11 is 0. The molecule has 0 amide bonds. The van der Waals surface area contributed by atoms with E-state index in [1.165, 1.54) is 0 Å². The molecular weight excluding hydrogens is 288 g/mol. The summed E-state index contributed by atoms with van der Waals surface area (Å²) in [5, 5.41) is 8.02. The van der Waals surface area contributed by atoms with Gasteiger partial charge < -0.3 is 5.73 Å². The number of aryl methyl sites for hydroxylation is 1. The van der Waals surface area contributed by atoms with Crippen LogP contribution in [0, 0.1) is 6.92 Å². The molecule has 108 valence electrons.